The molecule has 1 aromatic heterocycles. The minimum Gasteiger partial charge on any atom is -0.339 e. The van der Waals surface area contributed by atoms with E-state index in [0.717, 1.165) is 19.4 Å². The van der Waals surface area contributed by atoms with Gasteiger partial charge in [-0.05, 0) is 19.4 Å². The van der Waals surface area contributed by atoms with Crippen LogP contribution < -0.4 is 4.72 Å². The Morgan fingerprint density at radius 1 is 1.43 bits per heavy atom. The highest BCUT2D eigenvalue weighted by atomic mass is 32.2. The van der Waals surface area contributed by atoms with Crippen LogP contribution in [0.2, 0.25) is 0 Å². The zero-order valence-electron chi connectivity index (χ0n) is 13.1. The maximum absolute atomic E-state index is 11.3. The van der Waals surface area contributed by atoms with E-state index < -0.39 is 10.0 Å². The largest absolute Gasteiger partial charge is 0.339 e. The van der Waals surface area contributed by atoms with Crippen molar-refractivity contribution in [1.29, 1.82) is 0 Å². The second kappa shape index (κ2) is 6.02. The van der Waals surface area contributed by atoms with Crippen LogP contribution in [0.3, 0.4) is 0 Å². The Bertz CT molecular complexity index is 576. The summed E-state index contributed by atoms with van der Waals surface area (Å²) in [7, 11) is -3.16. The van der Waals surface area contributed by atoms with Gasteiger partial charge in [0.05, 0.1) is 12.8 Å². The summed E-state index contributed by atoms with van der Waals surface area (Å²) in [6.07, 6.45) is 3.01. The number of rotatable bonds is 4. The van der Waals surface area contributed by atoms with E-state index in [2.05, 4.69) is 19.8 Å². The number of sulfonamides is 1. The predicted molar refractivity (Wildman–Crippen MR) is 79.3 cm³/mol. The summed E-state index contributed by atoms with van der Waals surface area (Å²) in [4.78, 5) is 6.57. The van der Waals surface area contributed by atoms with Crippen molar-refractivity contribution >= 4 is 10.0 Å². The molecule has 8 heteroatoms. The molecule has 1 unspecified atom stereocenters. The van der Waals surface area contributed by atoms with Crippen molar-refractivity contribution in [2.45, 2.75) is 51.6 Å². The van der Waals surface area contributed by atoms with Crippen LogP contribution in [0.25, 0.3) is 0 Å². The molecule has 0 aliphatic carbocycles. The zero-order chi connectivity index (χ0) is 15.7. The fourth-order valence-electron chi connectivity index (χ4n) is 2.42. The van der Waals surface area contributed by atoms with Gasteiger partial charge in [-0.2, -0.15) is 4.98 Å². The van der Waals surface area contributed by atoms with Crippen molar-refractivity contribution in [3.8, 4) is 0 Å². The third-order valence-electron chi connectivity index (χ3n) is 3.36. The van der Waals surface area contributed by atoms with Gasteiger partial charge in [0, 0.05) is 18.0 Å². The lowest BCUT2D eigenvalue weighted by Gasteiger charge is -2.31. The maximum Gasteiger partial charge on any atom is 0.232 e. The van der Waals surface area contributed by atoms with Crippen LogP contribution in [0.15, 0.2) is 4.52 Å². The fraction of sp³-hybridized carbons (Fsp3) is 0.846. The Labute approximate surface area is 126 Å². The Kier molecular flexibility index (Phi) is 4.69. The van der Waals surface area contributed by atoms with Crippen LogP contribution in [-0.2, 0) is 22.0 Å². The average molecular weight is 316 g/mol. The Hall–Kier alpha value is -0.990. The van der Waals surface area contributed by atoms with E-state index >= 15 is 0 Å². The summed E-state index contributed by atoms with van der Waals surface area (Å²) in [5, 5.41) is 4.01. The molecule has 1 aliphatic heterocycles. The number of hydrogen-bond acceptors (Lipinski definition) is 6. The van der Waals surface area contributed by atoms with Gasteiger partial charge in [0.2, 0.25) is 15.9 Å². The van der Waals surface area contributed by atoms with Gasteiger partial charge in [0.15, 0.2) is 5.82 Å². The number of hydrogen-bond donors (Lipinski definition) is 1. The van der Waals surface area contributed by atoms with Gasteiger partial charge >= 0.3 is 0 Å². The molecule has 120 valence electrons. The summed E-state index contributed by atoms with van der Waals surface area (Å²) >= 11 is 0. The summed E-state index contributed by atoms with van der Waals surface area (Å²) < 4.78 is 30.6. The Morgan fingerprint density at radius 3 is 2.71 bits per heavy atom. The van der Waals surface area contributed by atoms with Crippen LogP contribution >= 0.6 is 0 Å². The first-order valence-corrected chi connectivity index (χ1v) is 9.05. The first-order valence-electron chi connectivity index (χ1n) is 7.16. The van der Waals surface area contributed by atoms with E-state index in [9.17, 15) is 8.42 Å². The van der Waals surface area contributed by atoms with Crippen molar-refractivity contribution < 1.29 is 12.9 Å². The quantitative estimate of drug-likeness (QED) is 0.887. The van der Waals surface area contributed by atoms with E-state index in [1.165, 1.54) is 6.26 Å². The molecule has 1 aliphatic rings. The fourth-order valence-corrected chi connectivity index (χ4v) is 3.22. The Morgan fingerprint density at radius 2 is 2.14 bits per heavy atom. The Balaban J connectivity index is 1.95. The lowest BCUT2D eigenvalue weighted by Crippen LogP contribution is -2.47. The molecule has 0 radical (unpaired) electrons. The number of nitrogens with one attached hydrogen (secondary N) is 1. The molecule has 21 heavy (non-hydrogen) atoms. The van der Waals surface area contributed by atoms with Crippen LogP contribution in [0.5, 0.6) is 0 Å². The number of nitrogens with zero attached hydrogens (tertiary/aromatic N) is 3. The number of aromatic nitrogens is 2. The standard InChI is InChI=1S/C13H24N4O3S/c1-13(2,3)12-14-11(15-20-12)9-17-7-5-6-10(8-17)16-21(4,18)19/h10,16H,5-9H2,1-4H3. The van der Waals surface area contributed by atoms with Crippen molar-refractivity contribution in [2.24, 2.45) is 0 Å². The topological polar surface area (TPSA) is 88.3 Å². The molecule has 1 aromatic rings. The molecule has 7 nitrogen and oxygen atoms in total. The van der Waals surface area contributed by atoms with Gasteiger partial charge in [-0.25, -0.2) is 13.1 Å². The highest BCUT2D eigenvalue weighted by molar-refractivity contribution is 7.88. The SMILES string of the molecule is CC(C)(C)c1nc(CN2CCCC(NS(C)(=O)=O)C2)no1. The molecule has 1 N–H and O–H groups in total. The molecule has 1 fully saturated rings. The zero-order valence-corrected chi connectivity index (χ0v) is 13.9. The highest BCUT2D eigenvalue weighted by Gasteiger charge is 2.25. The molecule has 0 bridgehead atoms. The second-order valence-corrected chi connectivity index (χ2v) is 8.51. The minimum absolute atomic E-state index is 0.0391. The smallest absolute Gasteiger partial charge is 0.232 e. The number of likely N-dealkylation sites (tertiary alicyclic amines) is 1. The normalized spacial score (nSPS) is 21.6. The van der Waals surface area contributed by atoms with Crippen LogP contribution in [0.4, 0.5) is 0 Å². The monoisotopic (exact) mass is 316 g/mol. The second-order valence-electron chi connectivity index (χ2n) is 6.73. The van der Waals surface area contributed by atoms with E-state index in [1.807, 2.05) is 20.8 Å². The molecule has 1 saturated heterocycles. The van der Waals surface area contributed by atoms with Gasteiger partial charge in [-0.15, -0.1) is 0 Å². The first-order chi connectivity index (χ1) is 9.63. The van der Waals surface area contributed by atoms with Crippen LogP contribution in [0, 0.1) is 0 Å². The van der Waals surface area contributed by atoms with Crippen molar-refractivity contribution in [3.05, 3.63) is 11.7 Å². The molecular weight excluding hydrogens is 292 g/mol. The highest BCUT2D eigenvalue weighted by Crippen LogP contribution is 2.20. The van der Waals surface area contributed by atoms with Crippen LogP contribution in [0.1, 0.15) is 45.3 Å². The lowest BCUT2D eigenvalue weighted by atomic mass is 9.97. The van der Waals surface area contributed by atoms with Gasteiger partial charge in [-0.3, -0.25) is 4.90 Å². The minimum atomic E-state index is -3.16. The number of piperidine rings is 1. The van der Waals surface area contributed by atoms with E-state index in [0.29, 0.717) is 24.8 Å². The van der Waals surface area contributed by atoms with E-state index in [4.69, 9.17) is 4.52 Å². The molecule has 2 rings (SSSR count). The molecule has 2 heterocycles. The van der Waals surface area contributed by atoms with Gasteiger partial charge in [0.25, 0.3) is 0 Å². The van der Waals surface area contributed by atoms with Gasteiger partial charge < -0.3 is 4.52 Å². The maximum atomic E-state index is 11.3. The summed E-state index contributed by atoms with van der Waals surface area (Å²) in [6.45, 7) is 8.25. The summed E-state index contributed by atoms with van der Waals surface area (Å²) in [5.74, 6) is 1.28. The average Bonchev–Trinajstić information content (AvgIpc) is 2.75. The lowest BCUT2D eigenvalue weighted by molar-refractivity contribution is 0.188. The molecule has 0 saturated carbocycles. The van der Waals surface area contributed by atoms with Gasteiger partial charge in [-0.1, -0.05) is 25.9 Å². The van der Waals surface area contributed by atoms with E-state index in [1.54, 1.807) is 0 Å². The van der Waals surface area contributed by atoms with Crippen molar-refractivity contribution in [3.63, 3.8) is 0 Å². The van der Waals surface area contributed by atoms with Crippen LogP contribution in [-0.4, -0.2) is 48.8 Å². The van der Waals surface area contributed by atoms with Crippen molar-refractivity contribution in [1.82, 2.24) is 19.8 Å². The molecule has 0 amide bonds. The molecule has 0 spiro atoms. The van der Waals surface area contributed by atoms with Crippen molar-refractivity contribution in [2.75, 3.05) is 19.3 Å². The third-order valence-corrected chi connectivity index (χ3v) is 4.12. The summed E-state index contributed by atoms with van der Waals surface area (Å²) in [6, 6.07) is -0.0391. The third kappa shape index (κ3) is 5.05. The summed E-state index contributed by atoms with van der Waals surface area (Å²) in [5.41, 5.74) is -0.159. The molecule has 0 aromatic carbocycles. The predicted octanol–water partition coefficient (Wildman–Crippen LogP) is 0.881. The molecule has 1 atom stereocenters. The first kappa shape index (κ1) is 16.4. The van der Waals surface area contributed by atoms with Gasteiger partial charge in [0.1, 0.15) is 0 Å². The van der Waals surface area contributed by atoms with E-state index in [-0.39, 0.29) is 11.5 Å². The molecular formula is C13H24N4O3S.